The van der Waals surface area contributed by atoms with Crippen LogP contribution in [0.2, 0.25) is 5.02 Å². The first kappa shape index (κ1) is 20.7. The molecule has 0 aromatic heterocycles. The van der Waals surface area contributed by atoms with Crippen molar-refractivity contribution in [1.29, 1.82) is 0 Å². The lowest BCUT2D eigenvalue weighted by atomic mass is 10.1. The Kier molecular flexibility index (Phi) is 6.71. The van der Waals surface area contributed by atoms with Crippen molar-refractivity contribution < 1.29 is 16.8 Å². The largest absolute Gasteiger partial charge is 0.280 e. The molecule has 0 amide bonds. The normalized spacial score (nSPS) is 12.1. The van der Waals surface area contributed by atoms with Gasteiger partial charge in [-0.15, -0.1) is 0 Å². The number of halogens is 1. The van der Waals surface area contributed by atoms with Gasteiger partial charge in [-0.05, 0) is 48.7 Å². The molecular weight excluding hydrogens is 394 g/mol. The van der Waals surface area contributed by atoms with E-state index >= 15 is 0 Å². The number of aryl methyl sites for hydroxylation is 1. The van der Waals surface area contributed by atoms with Crippen molar-refractivity contribution in [3.05, 3.63) is 53.1 Å². The van der Waals surface area contributed by atoms with Gasteiger partial charge < -0.3 is 0 Å². The van der Waals surface area contributed by atoms with Crippen LogP contribution in [0.5, 0.6) is 0 Å². The third-order valence-electron chi connectivity index (χ3n) is 3.90. The van der Waals surface area contributed by atoms with E-state index in [1.807, 2.05) is 12.1 Å². The Labute approximate surface area is 160 Å². The Morgan fingerprint density at radius 3 is 2.19 bits per heavy atom. The zero-order valence-corrected chi connectivity index (χ0v) is 17.1. The van der Waals surface area contributed by atoms with Crippen LogP contribution in [-0.2, 0) is 26.3 Å². The second-order valence-corrected chi connectivity index (χ2v) is 10.2. The number of anilines is 1. The summed E-state index contributed by atoms with van der Waals surface area (Å²) in [6, 6.07) is 10.7. The van der Waals surface area contributed by atoms with Crippen molar-refractivity contribution in [2.45, 2.75) is 42.4 Å². The van der Waals surface area contributed by atoms with Crippen LogP contribution in [0.3, 0.4) is 0 Å². The highest BCUT2D eigenvalue weighted by atomic mass is 35.5. The Hall–Kier alpha value is -1.57. The first-order valence-electron chi connectivity index (χ1n) is 8.25. The summed E-state index contributed by atoms with van der Waals surface area (Å²) in [5.41, 5.74) is 1.53. The van der Waals surface area contributed by atoms with E-state index in [2.05, 4.69) is 11.6 Å². The summed E-state index contributed by atoms with van der Waals surface area (Å²) in [5, 5.41) is -0.0407. The van der Waals surface area contributed by atoms with E-state index in [4.69, 9.17) is 11.6 Å². The standard InChI is InChI=1S/C18H22ClNO4S2/c1-3-4-5-6-14-7-9-15(10-8-14)20-26(23,24)18-13-16(25(2,21)22)11-12-17(18)19/h7-13,20H,3-6H2,1-2H3. The van der Waals surface area contributed by atoms with Crippen LogP contribution in [0, 0.1) is 0 Å². The highest BCUT2D eigenvalue weighted by molar-refractivity contribution is 7.93. The minimum atomic E-state index is -4.01. The van der Waals surface area contributed by atoms with Crippen molar-refractivity contribution >= 4 is 37.1 Å². The van der Waals surface area contributed by atoms with Crippen LogP contribution in [0.1, 0.15) is 31.7 Å². The molecule has 0 saturated carbocycles. The molecule has 8 heteroatoms. The van der Waals surface area contributed by atoms with Gasteiger partial charge in [-0.2, -0.15) is 0 Å². The SMILES string of the molecule is CCCCCc1ccc(NS(=O)(=O)c2cc(S(C)(=O)=O)ccc2Cl)cc1. The number of unbranched alkanes of at least 4 members (excludes halogenated alkanes) is 2. The van der Waals surface area contributed by atoms with E-state index in [0.29, 0.717) is 5.69 Å². The molecule has 0 saturated heterocycles. The maximum atomic E-state index is 12.6. The molecule has 26 heavy (non-hydrogen) atoms. The third kappa shape index (κ3) is 5.46. The quantitative estimate of drug-likeness (QED) is 0.652. The second kappa shape index (κ2) is 8.41. The fourth-order valence-electron chi connectivity index (χ4n) is 2.45. The van der Waals surface area contributed by atoms with Gasteiger partial charge >= 0.3 is 0 Å². The van der Waals surface area contributed by atoms with Crippen LogP contribution in [-0.4, -0.2) is 23.1 Å². The molecule has 5 nitrogen and oxygen atoms in total. The average Bonchev–Trinajstić information content (AvgIpc) is 2.55. The molecule has 0 radical (unpaired) electrons. The number of hydrogen-bond donors (Lipinski definition) is 1. The van der Waals surface area contributed by atoms with Gasteiger partial charge in [0.2, 0.25) is 0 Å². The molecule has 0 heterocycles. The van der Waals surface area contributed by atoms with Crippen LogP contribution in [0.15, 0.2) is 52.3 Å². The zero-order chi connectivity index (χ0) is 19.4. The van der Waals surface area contributed by atoms with Gasteiger partial charge in [0.05, 0.1) is 9.92 Å². The van der Waals surface area contributed by atoms with Gasteiger partial charge in [0.1, 0.15) is 4.90 Å². The maximum Gasteiger partial charge on any atom is 0.263 e. The van der Waals surface area contributed by atoms with E-state index in [-0.39, 0.29) is 14.8 Å². The molecular formula is C18H22ClNO4S2. The molecule has 0 fully saturated rings. The van der Waals surface area contributed by atoms with E-state index < -0.39 is 19.9 Å². The fourth-order valence-corrected chi connectivity index (χ4v) is 4.76. The highest BCUT2D eigenvalue weighted by Gasteiger charge is 2.21. The molecule has 142 valence electrons. The fraction of sp³-hybridized carbons (Fsp3) is 0.333. The molecule has 2 rings (SSSR count). The van der Waals surface area contributed by atoms with Crippen LogP contribution in [0.4, 0.5) is 5.69 Å². The van der Waals surface area contributed by atoms with Crippen LogP contribution in [0.25, 0.3) is 0 Å². The molecule has 0 unspecified atom stereocenters. The van der Waals surface area contributed by atoms with Gasteiger partial charge in [0, 0.05) is 11.9 Å². The third-order valence-corrected chi connectivity index (χ3v) is 6.87. The Morgan fingerprint density at radius 1 is 0.962 bits per heavy atom. The predicted octanol–water partition coefficient (Wildman–Crippen LogP) is 4.28. The summed E-state index contributed by atoms with van der Waals surface area (Å²) in [6.45, 7) is 2.14. The maximum absolute atomic E-state index is 12.6. The van der Waals surface area contributed by atoms with Gasteiger partial charge in [-0.3, -0.25) is 4.72 Å². The monoisotopic (exact) mass is 415 g/mol. The van der Waals surface area contributed by atoms with Crippen molar-refractivity contribution in [3.8, 4) is 0 Å². The van der Waals surface area contributed by atoms with Crippen molar-refractivity contribution in [2.24, 2.45) is 0 Å². The summed E-state index contributed by atoms with van der Waals surface area (Å²) >= 11 is 5.98. The molecule has 2 aromatic carbocycles. The van der Waals surface area contributed by atoms with Gasteiger partial charge in [-0.1, -0.05) is 43.5 Å². The summed E-state index contributed by atoms with van der Waals surface area (Å²) < 4.78 is 51.0. The summed E-state index contributed by atoms with van der Waals surface area (Å²) in [4.78, 5) is -0.373. The molecule has 0 aliphatic heterocycles. The van der Waals surface area contributed by atoms with Gasteiger partial charge in [0.15, 0.2) is 9.84 Å². The molecule has 1 N–H and O–H groups in total. The molecule has 0 aliphatic carbocycles. The first-order chi connectivity index (χ1) is 12.1. The zero-order valence-electron chi connectivity index (χ0n) is 14.7. The molecule has 0 aliphatic rings. The van der Waals surface area contributed by atoms with Crippen molar-refractivity contribution in [2.75, 3.05) is 11.0 Å². The summed E-state index contributed by atoms with van der Waals surface area (Å²) in [6.07, 6.45) is 5.35. The average molecular weight is 416 g/mol. The smallest absolute Gasteiger partial charge is 0.263 e. The minimum Gasteiger partial charge on any atom is -0.280 e. The van der Waals surface area contributed by atoms with Crippen molar-refractivity contribution in [3.63, 3.8) is 0 Å². The first-order valence-corrected chi connectivity index (χ1v) is 12.0. The number of nitrogens with one attached hydrogen (secondary N) is 1. The van der Waals surface area contributed by atoms with E-state index in [1.54, 1.807) is 12.1 Å². The van der Waals surface area contributed by atoms with Gasteiger partial charge in [0.25, 0.3) is 10.0 Å². The van der Waals surface area contributed by atoms with E-state index in [9.17, 15) is 16.8 Å². The Balaban J connectivity index is 2.23. The van der Waals surface area contributed by atoms with E-state index in [1.165, 1.54) is 12.1 Å². The highest BCUT2D eigenvalue weighted by Crippen LogP contribution is 2.27. The molecule has 0 atom stereocenters. The second-order valence-electron chi connectivity index (χ2n) is 6.12. The lowest BCUT2D eigenvalue weighted by Gasteiger charge is -2.11. The van der Waals surface area contributed by atoms with Crippen LogP contribution >= 0.6 is 11.6 Å². The predicted molar refractivity (Wildman–Crippen MR) is 105 cm³/mol. The lowest BCUT2D eigenvalue weighted by molar-refractivity contribution is 0.600. The topological polar surface area (TPSA) is 80.3 Å². The van der Waals surface area contributed by atoms with E-state index in [0.717, 1.165) is 43.6 Å². The number of hydrogen-bond acceptors (Lipinski definition) is 4. The molecule has 0 spiro atoms. The molecule has 2 aromatic rings. The minimum absolute atomic E-state index is 0.0407. The number of sulfonamides is 1. The summed E-state index contributed by atoms with van der Waals surface area (Å²) in [5.74, 6) is 0. The Bertz CT molecular complexity index is 969. The van der Waals surface area contributed by atoms with Crippen LogP contribution < -0.4 is 4.72 Å². The Morgan fingerprint density at radius 2 is 1.62 bits per heavy atom. The van der Waals surface area contributed by atoms with Gasteiger partial charge in [-0.25, -0.2) is 16.8 Å². The molecule has 0 bridgehead atoms. The number of rotatable bonds is 8. The lowest BCUT2D eigenvalue weighted by Crippen LogP contribution is -2.14. The number of benzene rings is 2. The summed E-state index contributed by atoms with van der Waals surface area (Å²) in [7, 11) is -7.55. The number of sulfone groups is 1. The van der Waals surface area contributed by atoms with Crippen molar-refractivity contribution in [1.82, 2.24) is 0 Å².